The van der Waals surface area contributed by atoms with E-state index in [1.165, 1.54) is 0 Å². The van der Waals surface area contributed by atoms with Gasteiger partial charge in [0.15, 0.2) is 0 Å². The SMILES string of the molecule is Cc1nn(C)c(C)c1/C=C/C(=O)NC(C)C. The molecule has 0 spiro atoms. The monoisotopic (exact) mass is 221 g/mol. The van der Waals surface area contributed by atoms with Gasteiger partial charge in [-0.15, -0.1) is 0 Å². The van der Waals surface area contributed by atoms with E-state index in [9.17, 15) is 4.79 Å². The summed E-state index contributed by atoms with van der Waals surface area (Å²) in [5.41, 5.74) is 3.01. The van der Waals surface area contributed by atoms with Crippen molar-refractivity contribution >= 4 is 12.0 Å². The molecule has 16 heavy (non-hydrogen) atoms. The van der Waals surface area contributed by atoms with Gasteiger partial charge in [-0.05, 0) is 33.8 Å². The second kappa shape index (κ2) is 4.96. The van der Waals surface area contributed by atoms with Gasteiger partial charge in [0.25, 0.3) is 0 Å². The number of hydrogen-bond donors (Lipinski definition) is 1. The number of hydrogen-bond acceptors (Lipinski definition) is 2. The third-order valence-corrected chi connectivity index (χ3v) is 2.40. The van der Waals surface area contributed by atoms with Gasteiger partial charge in [0.2, 0.25) is 5.91 Å². The van der Waals surface area contributed by atoms with E-state index >= 15 is 0 Å². The molecule has 88 valence electrons. The molecule has 0 fully saturated rings. The predicted octanol–water partition coefficient (Wildman–Crippen LogP) is 1.57. The van der Waals surface area contributed by atoms with Crippen LogP contribution in [0.2, 0.25) is 0 Å². The molecular formula is C12H19N3O. The topological polar surface area (TPSA) is 46.9 Å². The van der Waals surface area contributed by atoms with Crippen molar-refractivity contribution in [2.75, 3.05) is 0 Å². The normalized spacial score (nSPS) is 11.4. The molecule has 0 aliphatic rings. The quantitative estimate of drug-likeness (QED) is 0.788. The highest BCUT2D eigenvalue weighted by molar-refractivity contribution is 5.92. The maximum atomic E-state index is 11.4. The van der Waals surface area contributed by atoms with Crippen LogP contribution in [0.25, 0.3) is 6.08 Å². The van der Waals surface area contributed by atoms with E-state index < -0.39 is 0 Å². The lowest BCUT2D eigenvalue weighted by molar-refractivity contribution is -0.116. The van der Waals surface area contributed by atoms with Crippen molar-refractivity contribution in [2.24, 2.45) is 7.05 Å². The Balaban J connectivity index is 2.80. The van der Waals surface area contributed by atoms with Gasteiger partial charge in [-0.25, -0.2) is 0 Å². The summed E-state index contributed by atoms with van der Waals surface area (Å²) >= 11 is 0. The Bertz CT molecular complexity index is 416. The smallest absolute Gasteiger partial charge is 0.244 e. The van der Waals surface area contributed by atoms with Gasteiger partial charge >= 0.3 is 0 Å². The lowest BCUT2D eigenvalue weighted by Gasteiger charge is -2.04. The summed E-state index contributed by atoms with van der Waals surface area (Å²) in [5, 5.41) is 7.09. The minimum absolute atomic E-state index is 0.0716. The molecule has 1 aromatic rings. The van der Waals surface area contributed by atoms with Crippen LogP contribution in [0.1, 0.15) is 30.8 Å². The molecule has 0 radical (unpaired) electrons. The Kier molecular flexibility index (Phi) is 3.88. The van der Waals surface area contributed by atoms with E-state index in [0.717, 1.165) is 17.0 Å². The summed E-state index contributed by atoms with van der Waals surface area (Å²) in [6, 6.07) is 0.160. The van der Waals surface area contributed by atoms with Crippen molar-refractivity contribution < 1.29 is 4.79 Å². The van der Waals surface area contributed by atoms with Crippen LogP contribution in [-0.4, -0.2) is 21.7 Å². The van der Waals surface area contributed by atoms with Crippen LogP contribution in [0.4, 0.5) is 0 Å². The molecule has 0 saturated heterocycles. The van der Waals surface area contributed by atoms with Crippen molar-refractivity contribution in [3.05, 3.63) is 23.0 Å². The van der Waals surface area contributed by atoms with E-state index in [1.807, 2.05) is 45.5 Å². The second-order valence-electron chi connectivity index (χ2n) is 4.20. The third-order valence-electron chi connectivity index (χ3n) is 2.40. The minimum Gasteiger partial charge on any atom is -0.350 e. The number of carbonyl (C=O) groups excluding carboxylic acids is 1. The molecular weight excluding hydrogens is 202 g/mol. The summed E-state index contributed by atoms with van der Waals surface area (Å²) < 4.78 is 1.81. The highest BCUT2D eigenvalue weighted by Crippen LogP contribution is 2.13. The number of nitrogens with zero attached hydrogens (tertiary/aromatic N) is 2. The Labute approximate surface area is 96.3 Å². The Morgan fingerprint density at radius 1 is 1.44 bits per heavy atom. The van der Waals surface area contributed by atoms with Gasteiger partial charge in [0.1, 0.15) is 0 Å². The van der Waals surface area contributed by atoms with E-state index in [-0.39, 0.29) is 11.9 Å². The van der Waals surface area contributed by atoms with E-state index in [1.54, 1.807) is 6.08 Å². The molecule has 0 saturated carbocycles. The highest BCUT2D eigenvalue weighted by atomic mass is 16.1. The van der Waals surface area contributed by atoms with E-state index in [2.05, 4.69) is 10.4 Å². The number of aryl methyl sites for hydroxylation is 2. The second-order valence-corrected chi connectivity index (χ2v) is 4.20. The first-order valence-corrected chi connectivity index (χ1v) is 5.40. The maximum absolute atomic E-state index is 11.4. The molecule has 4 heteroatoms. The molecule has 0 aliphatic carbocycles. The van der Waals surface area contributed by atoms with Gasteiger partial charge in [-0.1, -0.05) is 0 Å². The first-order valence-electron chi connectivity index (χ1n) is 5.40. The summed E-state index contributed by atoms with van der Waals surface area (Å²) in [6.07, 6.45) is 3.37. The van der Waals surface area contributed by atoms with E-state index in [4.69, 9.17) is 0 Å². The van der Waals surface area contributed by atoms with Crippen LogP contribution in [0.3, 0.4) is 0 Å². The molecule has 0 atom stereocenters. The molecule has 1 aromatic heterocycles. The third kappa shape index (κ3) is 2.95. The molecule has 0 unspecified atom stereocenters. The molecule has 1 N–H and O–H groups in total. The zero-order chi connectivity index (χ0) is 12.3. The van der Waals surface area contributed by atoms with Crippen LogP contribution < -0.4 is 5.32 Å². The van der Waals surface area contributed by atoms with Crippen molar-refractivity contribution in [3.63, 3.8) is 0 Å². The average Bonchev–Trinajstić information content (AvgIpc) is 2.38. The van der Waals surface area contributed by atoms with Gasteiger partial charge in [0, 0.05) is 30.4 Å². The maximum Gasteiger partial charge on any atom is 0.244 e. The summed E-state index contributed by atoms with van der Waals surface area (Å²) in [6.45, 7) is 7.80. The zero-order valence-electron chi connectivity index (χ0n) is 10.5. The highest BCUT2D eigenvalue weighted by Gasteiger charge is 2.06. The number of carbonyl (C=O) groups is 1. The van der Waals surface area contributed by atoms with Gasteiger partial charge < -0.3 is 5.32 Å². The van der Waals surface area contributed by atoms with Crippen LogP contribution >= 0.6 is 0 Å². The fraction of sp³-hybridized carbons (Fsp3) is 0.500. The van der Waals surface area contributed by atoms with Crippen LogP contribution in [0.5, 0.6) is 0 Å². The van der Waals surface area contributed by atoms with Crippen molar-refractivity contribution in [1.82, 2.24) is 15.1 Å². The standard InChI is InChI=1S/C12H19N3O/c1-8(2)13-12(16)7-6-11-9(3)14-15(5)10(11)4/h6-8H,1-5H3,(H,13,16)/b7-6+. The molecule has 1 heterocycles. The van der Waals surface area contributed by atoms with Gasteiger partial charge in [-0.2, -0.15) is 5.10 Å². The first kappa shape index (κ1) is 12.5. The molecule has 0 bridgehead atoms. The first-order chi connectivity index (χ1) is 7.41. The number of rotatable bonds is 3. The number of nitrogens with one attached hydrogen (secondary N) is 1. The summed E-state index contributed by atoms with van der Waals surface area (Å²) in [4.78, 5) is 11.4. The predicted molar refractivity (Wildman–Crippen MR) is 65.0 cm³/mol. The van der Waals surface area contributed by atoms with Crippen molar-refractivity contribution in [2.45, 2.75) is 33.7 Å². The average molecular weight is 221 g/mol. The van der Waals surface area contributed by atoms with Gasteiger partial charge in [-0.3, -0.25) is 9.48 Å². The summed E-state index contributed by atoms with van der Waals surface area (Å²) in [5.74, 6) is -0.0716. The van der Waals surface area contributed by atoms with Crippen LogP contribution in [-0.2, 0) is 11.8 Å². The fourth-order valence-electron chi connectivity index (χ4n) is 1.52. The Morgan fingerprint density at radius 2 is 2.06 bits per heavy atom. The summed E-state index contributed by atoms with van der Waals surface area (Å²) in [7, 11) is 1.90. The molecule has 1 rings (SSSR count). The van der Waals surface area contributed by atoms with Crippen LogP contribution in [0.15, 0.2) is 6.08 Å². The lowest BCUT2D eigenvalue weighted by Crippen LogP contribution is -2.28. The number of aromatic nitrogens is 2. The largest absolute Gasteiger partial charge is 0.350 e. The van der Waals surface area contributed by atoms with Crippen molar-refractivity contribution in [1.29, 1.82) is 0 Å². The molecule has 0 aromatic carbocycles. The van der Waals surface area contributed by atoms with Gasteiger partial charge in [0.05, 0.1) is 5.69 Å². The van der Waals surface area contributed by atoms with Crippen molar-refractivity contribution in [3.8, 4) is 0 Å². The minimum atomic E-state index is -0.0716. The Morgan fingerprint density at radius 3 is 2.50 bits per heavy atom. The Hall–Kier alpha value is -1.58. The molecule has 0 aliphatic heterocycles. The lowest BCUT2D eigenvalue weighted by atomic mass is 10.2. The number of amides is 1. The fourth-order valence-corrected chi connectivity index (χ4v) is 1.52. The molecule has 1 amide bonds. The zero-order valence-corrected chi connectivity index (χ0v) is 10.5. The molecule has 4 nitrogen and oxygen atoms in total. The van der Waals surface area contributed by atoms with E-state index in [0.29, 0.717) is 0 Å². The van der Waals surface area contributed by atoms with Crippen LogP contribution in [0, 0.1) is 13.8 Å².